The molecule has 1 N–H and O–H groups in total. The summed E-state index contributed by atoms with van der Waals surface area (Å²) in [6.45, 7) is 2.11. The van der Waals surface area contributed by atoms with Crippen molar-refractivity contribution in [2.45, 2.75) is 6.92 Å². The Kier molecular flexibility index (Phi) is 8.42. The maximum atomic E-state index is 9.75. The summed E-state index contributed by atoms with van der Waals surface area (Å²) in [7, 11) is -9.95. The molecule has 0 aliphatic carbocycles. The smallest absolute Gasteiger partial charge is 0.418 e. The van der Waals surface area contributed by atoms with E-state index in [4.69, 9.17) is 0 Å². The Balaban J connectivity index is 0.000000442. The van der Waals surface area contributed by atoms with Gasteiger partial charge >= 0.3 is 14.5 Å². The second-order valence-corrected chi connectivity index (χ2v) is 4.45. The predicted octanol–water partition coefficient (Wildman–Crippen LogP) is 3.90. The molecule has 0 fully saturated rings. The normalized spacial score (nSPS) is 10.9. The van der Waals surface area contributed by atoms with Gasteiger partial charge in [-0.15, -0.1) is 0 Å². The van der Waals surface area contributed by atoms with E-state index in [9.17, 15) is 34.5 Å². The van der Waals surface area contributed by atoms with Gasteiger partial charge < -0.3 is 34.5 Å². The maximum absolute atomic E-state index is 9.75. The molecule has 0 saturated carbocycles. The highest BCUT2D eigenvalue weighted by Gasteiger charge is 2.21. The van der Waals surface area contributed by atoms with Gasteiger partial charge in [0.05, 0.1) is 0 Å². The van der Waals surface area contributed by atoms with Gasteiger partial charge in [0.2, 0.25) is 0 Å². The number of aromatic nitrogens is 2. The van der Waals surface area contributed by atoms with Crippen LogP contribution in [0.25, 0.3) is 11.1 Å². The predicted molar refractivity (Wildman–Crippen MR) is 74.7 cm³/mol. The first-order valence-corrected chi connectivity index (χ1v) is 6.45. The lowest BCUT2D eigenvalue weighted by Gasteiger charge is -1.99. The standard InChI is InChI=1S/C12H13N2.2BF4/c1-10-9-12(5-8-14(10)2)11-3-6-13-7-4-11;2*2-1(3,4)5/h3-9H,1-2H3;;/q+1;2*-1/p+1. The Morgan fingerprint density at radius 1 is 0.792 bits per heavy atom. The van der Waals surface area contributed by atoms with Gasteiger partial charge in [-0.25, -0.2) is 9.55 Å². The van der Waals surface area contributed by atoms with Crippen LogP contribution in [0.5, 0.6) is 0 Å². The van der Waals surface area contributed by atoms with Crippen molar-refractivity contribution in [3.63, 3.8) is 0 Å². The van der Waals surface area contributed by atoms with Crippen molar-refractivity contribution in [1.29, 1.82) is 0 Å². The van der Waals surface area contributed by atoms with Crippen LogP contribution in [0, 0.1) is 6.92 Å². The Bertz CT molecular complexity index is 593. The number of nitrogens with one attached hydrogen (secondary N) is 1. The Morgan fingerprint density at radius 3 is 1.58 bits per heavy atom. The third-order valence-corrected chi connectivity index (χ3v) is 2.45. The summed E-state index contributed by atoms with van der Waals surface area (Å²) in [5.41, 5.74) is 3.76. The van der Waals surface area contributed by atoms with Crippen molar-refractivity contribution in [3.8, 4) is 11.1 Å². The van der Waals surface area contributed by atoms with Crippen LogP contribution < -0.4 is 9.55 Å². The van der Waals surface area contributed by atoms with E-state index >= 15 is 0 Å². The van der Waals surface area contributed by atoms with Gasteiger partial charge in [0.25, 0.3) is 0 Å². The molecule has 2 heterocycles. The summed E-state index contributed by atoms with van der Waals surface area (Å²) in [4.78, 5) is 3.02. The largest absolute Gasteiger partial charge is 0.673 e. The van der Waals surface area contributed by atoms with E-state index in [2.05, 4.69) is 54.0 Å². The van der Waals surface area contributed by atoms with Crippen molar-refractivity contribution in [2.75, 3.05) is 0 Å². The molecule has 2 aromatic rings. The number of pyridine rings is 2. The molecule has 0 aliphatic rings. The third-order valence-electron chi connectivity index (χ3n) is 2.45. The van der Waals surface area contributed by atoms with Gasteiger partial charge in [-0.2, -0.15) is 0 Å². The summed E-state index contributed by atoms with van der Waals surface area (Å²) >= 11 is 0. The van der Waals surface area contributed by atoms with E-state index in [1.54, 1.807) is 0 Å². The molecular weight excluding hydrogens is 346 g/mol. The molecule has 2 aromatic heterocycles. The molecule has 0 bridgehead atoms. The summed E-state index contributed by atoms with van der Waals surface area (Å²) in [6, 6.07) is 8.47. The van der Waals surface area contributed by atoms with Crippen LogP contribution in [-0.2, 0) is 7.05 Å². The quantitative estimate of drug-likeness (QED) is 0.417. The minimum atomic E-state index is -6.00. The van der Waals surface area contributed by atoms with Gasteiger partial charge in [-0.1, -0.05) is 0 Å². The fraction of sp³-hybridized carbons (Fsp3) is 0.167. The minimum Gasteiger partial charge on any atom is -0.418 e. The second kappa shape index (κ2) is 9.24. The van der Waals surface area contributed by atoms with Gasteiger partial charge in [-0.3, -0.25) is 0 Å². The average molecular weight is 360 g/mol. The van der Waals surface area contributed by atoms with E-state index in [1.165, 1.54) is 16.8 Å². The van der Waals surface area contributed by atoms with Crippen LogP contribution >= 0.6 is 0 Å². The molecule has 2 rings (SSSR count). The highest BCUT2D eigenvalue weighted by Crippen LogP contribution is 2.16. The Morgan fingerprint density at radius 2 is 1.21 bits per heavy atom. The molecule has 2 nitrogen and oxygen atoms in total. The van der Waals surface area contributed by atoms with Crippen molar-refractivity contribution in [1.82, 2.24) is 0 Å². The summed E-state index contributed by atoms with van der Waals surface area (Å²) in [5, 5.41) is 0. The molecule has 12 heteroatoms. The highest BCUT2D eigenvalue weighted by molar-refractivity contribution is 6.50. The molecule has 0 atom stereocenters. The van der Waals surface area contributed by atoms with Crippen LogP contribution in [0.2, 0.25) is 0 Å². The van der Waals surface area contributed by atoms with Gasteiger partial charge in [0.1, 0.15) is 7.05 Å². The van der Waals surface area contributed by atoms with Crippen LogP contribution in [0.15, 0.2) is 42.9 Å². The molecule has 0 saturated heterocycles. The number of rotatable bonds is 1. The zero-order valence-electron chi connectivity index (χ0n) is 12.7. The maximum Gasteiger partial charge on any atom is 0.673 e. The first-order valence-electron chi connectivity index (χ1n) is 6.45. The lowest BCUT2D eigenvalue weighted by molar-refractivity contribution is -0.677. The van der Waals surface area contributed by atoms with Crippen molar-refractivity contribution < 1.29 is 44.1 Å². The van der Waals surface area contributed by atoms with E-state index in [0.717, 1.165) is 0 Å². The fourth-order valence-corrected chi connectivity index (χ4v) is 1.44. The molecule has 24 heavy (non-hydrogen) atoms. The molecule has 0 spiro atoms. The van der Waals surface area contributed by atoms with E-state index < -0.39 is 14.5 Å². The van der Waals surface area contributed by atoms with Crippen molar-refractivity contribution in [2.24, 2.45) is 7.05 Å². The molecule has 134 valence electrons. The molecule has 0 aliphatic heterocycles. The number of aromatic amines is 1. The topological polar surface area (TPSA) is 18.0 Å². The second-order valence-electron chi connectivity index (χ2n) is 4.45. The first-order chi connectivity index (χ1) is 10.8. The van der Waals surface area contributed by atoms with Crippen LogP contribution in [0.1, 0.15) is 5.69 Å². The minimum absolute atomic E-state index is 1.24. The lowest BCUT2D eigenvalue weighted by atomic mass is 10.1. The van der Waals surface area contributed by atoms with E-state index in [-0.39, 0.29) is 0 Å². The molecule has 0 aromatic carbocycles. The number of nitrogens with zero attached hydrogens (tertiary/aromatic N) is 1. The summed E-state index contributed by atoms with van der Waals surface area (Å²) in [5.74, 6) is 0. The number of aryl methyl sites for hydroxylation is 2. The van der Waals surface area contributed by atoms with Crippen LogP contribution in [0.3, 0.4) is 0 Å². The number of H-pyrrole nitrogens is 1. The number of hydrogen-bond donors (Lipinski definition) is 0. The lowest BCUT2D eigenvalue weighted by Crippen LogP contribution is -2.30. The third kappa shape index (κ3) is 13.5. The molecule has 0 radical (unpaired) electrons. The molecule has 0 unspecified atom stereocenters. The van der Waals surface area contributed by atoms with Crippen molar-refractivity contribution in [3.05, 3.63) is 48.5 Å². The zero-order valence-corrected chi connectivity index (χ0v) is 12.7. The SMILES string of the molecule is Cc1cc(-c2cc[nH+]cc2)cc[n+]1C.F[B-](F)(F)F.F[B-](F)(F)F. The van der Waals surface area contributed by atoms with E-state index in [0.29, 0.717) is 0 Å². The highest BCUT2D eigenvalue weighted by atomic mass is 19.5. The van der Waals surface area contributed by atoms with Gasteiger partial charge in [0.15, 0.2) is 24.3 Å². The fourth-order valence-electron chi connectivity index (χ4n) is 1.44. The zero-order chi connectivity index (χ0) is 19.0. The van der Waals surface area contributed by atoms with Gasteiger partial charge in [0, 0.05) is 31.2 Å². The number of halogens is 8. The number of hydrogen-bond acceptors (Lipinski definition) is 0. The molecular formula is C12H14B2F8N2. The first kappa shape index (κ1) is 21.9. The monoisotopic (exact) mass is 360 g/mol. The summed E-state index contributed by atoms with van der Waals surface area (Å²) in [6.07, 6.45) is 5.97. The average Bonchev–Trinajstić information content (AvgIpc) is 2.39. The summed E-state index contributed by atoms with van der Waals surface area (Å²) < 4.78 is 80.1. The van der Waals surface area contributed by atoms with E-state index in [1.807, 2.05) is 12.4 Å². The van der Waals surface area contributed by atoms with Gasteiger partial charge in [-0.05, 0) is 11.1 Å². The van der Waals surface area contributed by atoms with Crippen LogP contribution in [0.4, 0.5) is 34.5 Å². The molecule has 0 amide bonds. The van der Waals surface area contributed by atoms with Crippen molar-refractivity contribution >= 4 is 14.5 Å². The van der Waals surface area contributed by atoms with Crippen LogP contribution in [-0.4, -0.2) is 14.5 Å². The Labute approximate surface area is 133 Å². The Hall–Kier alpha value is -2.13.